The molecule has 0 saturated carbocycles. The Morgan fingerprint density at radius 2 is 1.33 bits per heavy atom. The Labute approximate surface area is 141 Å². The maximum Gasteiger partial charge on any atom is 0.323 e. The molecule has 0 heterocycles. The maximum absolute atomic E-state index is 12.3. The van der Waals surface area contributed by atoms with Crippen molar-refractivity contribution in [2.75, 3.05) is 14.2 Å². The lowest BCUT2D eigenvalue weighted by Crippen LogP contribution is -2.39. The van der Waals surface area contributed by atoms with E-state index in [2.05, 4.69) is 0 Å². The molecule has 1 rings (SSSR count). The largest absolute Gasteiger partial charge is 0.468 e. The summed E-state index contributed by atoms with van der Waals surface area (Å²) in [5, 5.41) is 0. The minimum atomic E-state index is -1.54. The van der Waals surface area contributed by atoms with Gasteiger partial charge in [0.05, 0.1) is 14.2 Å². The van der Waals surface area contributed by atoms with Crippen LogP contribution in [0.25, 0.3) is 0 Å². The van der Waals surface area contributed by atoms with E-state index in [1.165, 1.54) is 28.1 Å². The molecule has 1 aliphatic carbocycles. The van der Waals surface area contributed by atoms with Crippen LogP contribution in [0.3, 0.4) is 0 Å². The molecule has 0 aromatic rings. The van der Waals surface area contributed by atoms with Gasteiger partial charge in [0.1, 0.15) is 5.78 Å². The fourth-order valence-corrected chi connectivity index (χ4v) is 3.10. The monoisotopic (exact) mass is 336 g/mol. The van der Waals surface area contributed by atoms with Crippen LogP contribution in [-0.2, 0) is 28.7 Å². The van der Waals surface area contributed by atoms with Gasteiger partial charge in [-0.3, -0.25) is 19.2 Å². The smallest absolute Gasteiger partial charge is 0.323 e. The zero-order valence-corrected chi connectivity index (χ0v) is 15.1. The van der Waals surface area contributed by atoms with Crippen LogP contribution < -0.4 is 0 Å². The molecule has 1 aliphatic rings. The molecular formula is C18H24O6. The number of hydrogen-bond acceptors (Lipinski definition) is 6. The van der Waals surface area contributed by atoms with Crippen molar-refractivity contribution < 1.29 is 28.7 Å². The van der Waals surface area contributed by atoms with Crippen molar-refractivity contribution in [2.24, 2.45) is 5.41 Å². The third kappa shape index (κ3) is 3.63. The Balaban J connectivity index is 3.44. The van der Waals surface area contributed by atoms with Crippen molar-refractivity contribution in [1.82, 2.24) is 0 Å². The van der Waals surface area contributed by atoms with Gasteiger partial charge in [0.25, 0.3) is 0 Å². The molecular weight excluding hydrogens is 312 g/mol. The van der Waals surface area contributed by atoms with Gasteiger partial charge < -0.3 is 9.47 Å². The van der Waals surface area contributed by atoms with E-state index in [1.54, 1.807) is 13.8 Å². The van der Waals surface area contributed by atoms with E-state index in [1.807, 2.05) is 0 Å². The molecule has 24 heavy (non-hydrogen) atoms. The highest BCUT2D eigenvalue weighted by atomic mass is 16.5. The number of allylic oxidation sites excluding steroid dienone is 4. The van der Waals surface area contributed by atoms with Crippen molar-refractivity contribution in [1.29, 1.82) is 0 Å². The van der Waals surface area contributed by atoms with E-state index in [4.69, 9.17) is 9.47 Å². The van der Waals surface area contributed by atoms with Gasteiger partial charge in [-0.2, -0.15) is 0 Å². The van der Waals surface area contributed by atoms with Gasteiger partial charge in [0.2, 0.25) is 0 Å². The van der Waals surface area contributed by atoms with Gasteiger partial charge in [-0.25, -0.2) is 0 Å². The first-order valence-electron chi connectivity index (χ1n) is 7.66. The fourth-order valence-electron chi connectivity index (χ4n) is 3.10. The molecule has 0 spiro atoms. The fraction of sp³-hybridized carbons (Fsp3) is 0.556. The molecule has 0 aromatic carbocycles. The molecule has 0 unspecified atom stereocenters. The van der Waals surface area contributed by atoms with Crippen LogP contribution in [0.2, 0.25) is 0 Å². The normalized spacial score (nSPS) is 17.2. The standard InChI is InChI=1S/C18H24O6/c1-10(7-11(2)19)12(3)14-8-18(16(21)23-5,17(22)24-6)9-15(14)13(4)20/h7-9H2,1-6H3/b12-10-. The Bertz CT molecular complexity index is 634. The van der Waals surface area contributed by atoms with Crippen molar-refractivity contribution in [3.63, 3.8) is 0 Å². The first-order valence-corrected chi connectivity index (χ1v) is 7.66. The third-order valence-electron chi connectivity index (χ3n) is 4.51. The summed E-state index contributed by atoms with van der Waals surface area (Å²) in [5.74, 6) is -1.66. The molecule has 0 radical (unpaired) electrons. The van der Waals surface area contributed by atoms with Crippen molar-refractivity contribution in [3.05, 3.63) is 22.3 Å². The molecule has 0 bridgehead atoms. The SMILES string of the molecule is COC(=O)C1(C(=O)OC)CC(C(C)=O)=C(/C(C)=C(/C)CC(C)=O)C1. The van der Waals surface area contributed by atoms with E-state index < -0.39 is 17.4 Å². The summed E-state index contributed by atoms with van der Waals surface area (Å²) >= 11 is 0. The number of methoxy groups -OCH3 is 2. The predicted molar refractivity (Wildman–Crippen MR) is 87.1 cm³/mol. The van der Waals surface area contributed by atoms with Crippen LogP contribution in [-0.4, -0.2) is 37.7 Å². The lowest BCUT2D eigenvalue weighted by atomic mass is 9.82. The molecule has 0 N–H and O–H groups in total. The highest BCUT2D eigenvalue weighted by molar-refractivity contribution is 6.06. The summed E-state index contributed by atoms with van der Waals surface area (Å²) < 4.78 is 9.59. The first-order chi connectivity index (χ1) is 11.1. The molecule has 132 valence electrons. The number of rotatable bonds is 6. The van der Waals surface area contributed by atoms with E-state index in [0.717, 1.165) is 11.1 Å². The highest BCUT2D eigenvalue weighted by Gasteiger charge is 2.54. The number of carbonyl (C=O) groups excluding carboxylic acids is 4. The molecule has 0 atom stereocenters. The second-order valence-corrected chi connectivity index (χ2v) is 6.22. The van der Waals surface area contributed by atoms with Crippen LogP contribution in [0.1, 0.15) is 47.0 Å². The lowest BCUT2D eigenvalue weighted by molar-refractivity contribution is -0.168. The number of Topliss-reactive ketones (excluding diaryl/α,β-unsaturated/α-hetero) is 2. The second kappa shape index (κ2) is 7.55. The van der Waals surface area contributed by atoms with Gasteiger partial charge in [0.15, 0.2) is 11.2 Å². The quantitative estimate of drug-likeness (QED) is 0.546. The maximum atomic E-state index is 12.3. The van der Waals surface area contributed by atoms with Crippen LogP contribution >= 0.6 is 0 Å². The van der Waals surface area contributed by atoms with Crippen LogP contribution in [0, 0.1) is 5.41 Å². The first kappa shape index (κ1) is 19.8. The van der Waals surface area contributed by atoms with Gasteiger partial charge in [-0.05, 0) is 38.8 Å². The van der Waals surface area contributed by atoms with E-state index in [0.29, 0.717) is 11.1 Å². The Kier molecular flexibility index (Phi) is 6.23. The summed E-state index contributed by atoms with van der Waals surface area (Å²) in [7, 11) is 2.39. The summed E-state index contributed by atoms with van der Waals surface area (Å²) in [6, 6.07) is 0. The molecule has 0 aromatic heterocycles. The summed E-state index contributed by atoms with van der Waals surface area (Å²) in [5.41, 5.74) is 1.05. The molecule has 6 heteroatoms. The number of ketones is 2. The van der Waals surface area contributed by atoms with Crippen molar-refractivity contribution in [2.45, 2.75) is 47.0 Å². The molecule has 0 fully saturated rings. The highest BCUT2D eigenvalue weighted by Crippen LogP contribution is 2.47. The summed E-state index contributed by atoms with van der Waals surface area (Å²) in [6.07, 6.45) is 0.230. The number of esters is 2. The van der Waals surface area contributed by atoms with Gasteiger partial charge in [0, 0.05) is 24.8 Å². The van der Waals surface area contributed by atoms with Crippen molar-refractivity contribution in [3.8, 4) is 0 Å². The zero-order chi connectivity index (χ0) is 18.7. The zero-order valence-electron chi connectivity index (χ0n) is 15.1. The number of ether oxygens (including phenoxy) is 2. The third-order valence-corrected chi connectivity index (χ3v) is 4.51. The van der Waals surface area contributed by atoms with Crippen LogP contribution in [0.15, 0.2) is 22.3 Å². The van der Waals surface area contributed by atoms with Gasteiger partial charge in [-0.15, -0.1) is 0 Å². The van der Waals surface area contributed by atoms with E-state index in [9.17, 15) is 19.2 Å². The summed E-state index contributed by atoms with van der Waals surface area (Å²) in [4.78, 5) is 48.0. The second-order valence-electron chi connectivity index (χ2n) is 6.22. The Hall–Kier alpha value is -2.24. The molecule has 0 amide bonds. The molecule has 6 nitrogen and oxygen atoms in total. The van der Waals surface area contributed by atoms with E-state index in [-0.39, 0.29) is 30.8 Å². The number of carbonyl (C=O) groups is 4. The molecule has 0 aliphatic heterocycles. The predicted octanol–water partition coefficient (Wildman–Crippen LogP) is 2.31. The Morgan fingerprint density at radius 1 is 0.875 bits per heavy atom. The van der Waals surface area contributed by atoms with Crippen LogP contribution in [0.5, 0.6) is 0 Å². The average molecular weight is 336 g/mol. The van der Waals surface area contributed by atoms with Gasteiger partial charge in [-0.1, -0.05) is 5.57 Å². The number of hydrogen-bond donors (Lipinski definition) is 0. The molecule has 0 saturated heterocycles. The Morgan fingerprint density at radius 3 is 1.71 bits per heavy atom. The van der Waals surface area contributed by atoms with Crippen LogP contribution in [0.4, 0.5) is 0 Å². The average Bonchev–Trinajstić information content (AvgIpc) is 2.93. The minimum absolute atomic E-state index is 0.00187. The van der Waals surface area contributed by atoms with Gasteiger partial charge >= 0.3 is 11.9 Å². The topological polar surface area (TPSA) is 86.7 Å². The van der Waals surface area contributed by atoms with E-state index >= 15 is 0 Å². The summed E-state index contributed by atoms with van der Waals surface area (Å²) in [6.45, 7) is 6.48. The lowest BCUT2D eigenvalue weighted by Gasteiger charge is -2.23. The van der Waals surface area contributed by atoms with Crippen molar-refractivity contribution >= 4 is 23.5 Å². The minimum Gasteiger partial charge on any atom is -0.468 e.